The Morgan fingerprint density at radius 3 is 2.35 bits per heavy atom. The average Bonchev–Trinajstić information content (AvgIpc) is 2.67. The van der Waals surface area contributed by atoms with Crippen molar-refractivity contribution >= 4 is 28.5 Å². The molecule has 0 unspecified atom stereocenters. The lowest BCUT2D eigenvalue weighted by molar-refractivity contribution is 0.0765. The molecule has 0 saturated carbocycles. The molecule has 140 valence electrons. The Labute approximate surface area is 171 Å². The van der Waals surface area contributed by atoms with Gasteiger partial charge in [-0.05, 0) is 66.5 Å². The number of carbonyl (C=O) groups is 1. The third-order valence-electron chi connectivity index (χ3n) is 4.69. The molecule has 26 heavy (non-hydrogen) atoms. The number of hydrogen-bond donors (Lipinski definition) is 0. The van der Waals surface area contributed by atoms with Gasteiger partial charge in [-0.15, -0.1) is 0 Å². The second-order valence-corrected chi connectivity index (χ2v) is 7.51. The van der Waals surface area contributed by atoms with Crippen LogP contribution < -0.4 is 0 Å². The van der Waals surface area contributed by atoms with Crippen LogP contribution in [0.4, 0.5) is 0 Å². The fourth-order valence-electron chi connectivity index (χ4n) is 3.13. The highest BCUT2D eigenvalue weighted by Crippen LogP contribution is 2.28. The topological polar surface area (TPSA) is 33.2 Å². The van der Waals surface area contributed by atoms with Gasteiger partial charge in [0.15, 0.2) is 0 Å². The van der Waals surface area contributed by atoms with Gasteiger partial charge in [-0.1, -0.05) is 56.5 Å². The number of benzene rings is 1. The smallest absolute Gasteiger partial charge is 0.272 e. The maximum atomic E-state index is 13.0. The number of aromatic nitrogens is 1. The van der Waals surface area contributed by atoms with Gasteiger partial charge in [-0.25, -0.2) is 4.98 Å². The highest BCUT2D eigenvalue weighted by Gasteiger charge is 2.20. The van der Waals surface area contributed by atoms with Gasteiger partial charge in [0.2, 0.25) is 0 Å². The van der Waals surface area contributed by atoms with Gasteiger partial charge < -0.3 is 4.90 Å². The number of halogens is 1. The Morgan fingerprint density at radius 1 is 1.04 bits per heavy atom. The van der Waals surface area contributed by atoms with Crippen molar-refractivity contribution in [2.45, 2.75) is 52.9 Å². The Bertz CT molecular complexity index is 712. The number of carbonyl (C=O) groups excluding carboxylic acids is 1. The van der Waals surface area contributed by atoms with Gasteiger partial charge in [-0.3, -0.25) is 4.79 Å². The van der Waals surface area contributed by atoms with E-state index in [4.69, 9.17) is 4.98 Å². The summed E-state index contributed by atoms with van der Waals surface area (Å²) >= 11 is 2.26. The molecule has 1 aromatic heterocycles. The van der Waals surface area contributed by atoms with E-state index < -0.39 is 0 Å². The number of rotatable bonds is 9. The van der Waals surface area contributed by atoms with E-state index in [9.17, 15) is 4.79 Å². The van der Waals surface area contributed by atoms with E-state index in [1.807, 2.05) is 36.9 Å². The summed E-state index contributed by atoms with van der Waals surface area (Å²) in [6.45, 7) is 7.68. The number of hydrogen-bond acceptors (Lipinski definition) is 2. The number of aryl methyl sites for hydroxylation is 1. The highest BCUT2D eigenvalue weighted by atomic mass is 127. The van der Waals surface area contributed by atoms with Gasteiger partial charge in [0, 0.05) is 18.7 Å². The summed E-state index contributed by atoms with van der Waals surface area (Å²) in [5.74, 6) is 0.0537. The normalized spacial score (nSPS) is 10.8. The Kier molecular flexibility index (Phi) is 8.55. The van der Waals surface area contributed by atoms with E-state index in [1.165, 1.54) is 19.3 Å². The molecule has 0 saturated heterocycles. The van der Waals surface area contributed by atoms with Crippen molar-refractivity contribution in [3.8, 4) is 11.1 Å². The van der Waals surface area contributed by atoms with E-state index >= 15 is 0 Å². The largest absolute Gasteiger partial charge is 0.338 e. The maximum Gasteiger partial charge on any atom is 0.272 e. The van der Waals surface area contributed by atoms with Crippen LogP contribution in [0.2, 0.25) is 0 Å². The molecule has 0 aliphatic heterocycles. The van der Waals surface area contributed by atoms with Crippen LogP contribution in [-0.4, -0.2) is 28.9 Å². The van der Waals surface area contributed by atoms with Crippen molar-refractivity contribution in [3.63, 3.8) is 0 Å². The number of pyridine rings is 1. The Balaban J connectivity index is 2.42. The molecule has 0 radical (unpaired) electrons. The highest BCUT2D eigenvalue weighted by molar-refractivity contribution is 14.1. The summed E-state index contributed by atoms with van der Waals surface area (Å²) in [6, 6.07) is 12.5. The Morgan fingerprint density at radius 2 is 1.73 bits per heavy atom. The van der Waals surface area contributed by atoms with Gasteiger partial charge in [0.05, 0.1) is 0 Å². The lowest BCUT2D eigenvalue weighted by atomic mass is 9.99. The van der Waals surface area contributed by atoms with Gasteiger partial charge in [0.25, 0.3) is 5.91 Å². The molecule has 3 nitrogen and oxygen atoms in total. The molecule has 0 N–H and O–H groups in total. The van der Waals surface area contributed by atoms with Gasteiger partial charge in [-0.2, -0.15) is 0 Å². The standard InChI is InChI=1S/C22H29IN2O/c1-4-7-8-10-15-18-16-19(17-13-11-9-12-14-17)21(23)24-20(18)22(26)25(5-2)6-3/h9,11-14,16H,4-8,10,15H2,1-3H3. The van der Waals surface area contributed by atoms with E-state index in [-0.39, 0.29) is 5.91 Å². The van der Waals surface area contributed by atoms with E-state index in [0.29, 0.717) is 18.8 Å². The van der Waals surface area contributed by atoms with Crippen LogP contribution in [0.5, 0.6) is 0 Å². The molecule has 2 rings (SSSR count). The third-order valence-corrected chi connectivity index (χ3v) is 5.51. The first-order chi connectivity index (χ1) is 12.6. The lowest BCUT2D eigenvalue weighted by Crippen LogP contribution is -2.32. The molecule has 0 atom stereocenters. The summed E-state index contributed by atoms with van der Waals surface area (Å²) < 4.78 is 0.890. The van der Waals surface area contributed by atoms with Crippen molar-refractivity contribution in [3.05, 3.63) is 51.4 Å². The maximum absolute atomic E-state index is 13.0. The van der Waals surface area contributed by atoms with Crippen LogP contribution in [0.1, 0.15) is 62.5 Å². The summed E-state index contributed by atoms with van der Waals surface area (Å²) in [7, 11) is 0. The predicted octanol–water partition coefficient (Wildman–Crippen LogP) is 5.96. The molecular weight excluding hydrogens is 435 g/mol. The SMILES string of the molecule is CCCCCCc1cc(-c2ccccc2)c(I)nc1C(=O)N(CC)CC. The monoisotopic (exact) mass is 464 g/mol. The van der Waals surface area contributed by atoms with Crippen LogP contribution in [0.15, 0.2) is 36.4 Å². The van der Waals surface area contributed by atoms with Crippen molar-refractivity contribution in [2.75, 3.05) is 13.1 Å². The second kappa shape index (κ2) is 10.7. The van der Waals surface area contributed by atoms with E-state index in [1.54, 1.807) is 0 Å². The minimum Gasteiger partial charge on any atom is -0.338 e. The zero-order valence-electron chi connectivity index (χ0n) is 16.1. The third kappa shape index (κ3) is 5.29. The molecule has 4 heteroatoms. The van der Waals surface area contributed by atoms with Crippen molar-refractivity contribution in [1.29, 1.82) is 0 Å². The fourth-order valence-corrected chi connectivity index (χ4v) is 3.84. The molecule has 0 aliphatic carbocycles. The minimum atomic E-state index is 0.0537. The van der Waals surface area contributed by atoms with Crippen LogP contribution in [0.25, 0.3) is 11.1 Å². The van der Waals surface area contributed by atoms with Crippen molar-refractivity contribution < 1.29 is 4.79 Å². The average molecular weight is 464 g/mol. The zero-order valence-corrected chi connectivity index (χ0v) is 18.3. The molecule has 2 aromatic rings. The molecule has 1 aromatic carbocycles. The first-order valence-electron chi connectivity index (χ1n) is 9.66. The molecular formula is C22H29IN2O. The molecule has 0 spiro atoms. The summed E-state index contributed by atoms with van der Waals surface area (Å²) in [5.41, 5.74) is 3.99. The van der Waals surface area contributed by atoms with Crippen LogP contribution in [0, 0.1) is 3.70 Å². The zero-order chi connectivity index (χ0) is 18.9. The number of amides is 1. The van der Waals surface area contributed by atoms with Crippen LogP contribution in [-0.2, 0) is 6.42 Å². The van der Waals surface area contributed by atoms with Gasteiger partial charge in [0.1, 0.15) is 9.39 Å². The van der Waals surface area contributed by atoms with Crippen molar-refractivity contribution in [1.82, 2.24) is 9.88 Å². The molecule has 0 bridgehead atoms. The minimum absolute atomic E-state index is 0.0537. The summed E-state index contributed by atoms with van der Waals surface area (Å²) in [4.78, 5) is 19.6. The van der Waals surface area contributed by atoms with Crippen molar-refractivity contribution in [2.24, 2.45) is 0 Å². The van der Waals surface area contributed by atoms with E-state index in [0.717, 1.165) is 33.2 Å². The quantitative estimate of drug-likeness (QED) is 0.261. The fraction of sp³-hybridized carbons (Fsp3) is 0.455. The summed E-state index contributed by atoms with van der Waals surface area (Å²) in [6.07, 6.45) is 5.66. The molecule has 0 aliphatic rings. The van der Waals surface area contributed by atoms with Crippen LogP contribution >= 0.6 is 22.6 Å². The second-order valence-electron chi connectivity index (χ2n) is 6.49. The van der Waals surface area contributed by atoms with Gasteiger partial charge >= 0.3 is 0 Å². The Hall–Kier alpha value is -1.43. The number of unbranched alkanes of at least 4 members (excludes halogenated alkanes) is 3. The summed E-state index contributed by atoms with van der Waals surface area (Å²) in [5, 5.41) is 0. The van der Waals surface area contributed by atoms with Crippen LogP contribution in [0.3, 0.4) is 0 Å². The first kappa shape index (κ1) is 20.9. The predicted molar refractivity (Wildman–Crippen MR) is 117 cm³/mol. The lowest BCUT2D eigenvalue weighted by Gasteiger charge is -2.21. The molecule has 0 fully saturated rings. The number of nitrogens with zero attached hydrogens (tertiary/aromatic N) is 2. The first-order valence-corrected chi connectivity index (χ1v) is 10.7. The molecule has 1 amide bonds. The molecule has 1 heterocycles. The van der Waals surface area contributed by atoms with E-state index in [2.05, 4.69) is 47.7 Å².